The summed E-state index contributed by atoms with van der Waals surface area (Å²) in [5.41, 5.74) is 0.690. The van der Waals surface area contributed by atoms with Crippen LogP contribution in [-0.4, -0.2) is 56.7 Å². The van der Waals surface area contributed by atoms with Crippen molar-refractivity contribution in [2.75, 3.05) is 0 Å². The standard InChI is InChI=1S/C38H28N8O13S4.4Na/c47-46(45-32-12-10-29(11-13-32)40-42-31-16-21-36(22-17-31)61(51,52)53)34-18-4-26(38(24-34)63(57,58)59)2-1-25-3-5-33(23-37(25)62(54,55)56)44-43-28-8-6-27(7-9-28)39-41-30-14-19-35(20-15-30)60(48,49)50;;;;/h1-24H,(H,48,49,50)(H,51,52,53)(H,54,55,56)(H,57,58,59);;;;/q;4*+1/p-4. The third-order valence-corrected chi connectivity index (χ3v) is 11.7. The number of nitrogens with zero attached hydrogens (tertiary/aromatic N) is 8. The van der Waals surface area contributed by atoms with Crippen molar-refractivity contribution in [3.63, 3.8) is 0 Å². The van der Waals surface area contributed by atoms with Gasteiger partial charge in [-0.3, -0.25) is 0 Å². The average molecular weight is 1020 g/mol. The Morgan fingerprint density at radius 2 is 0.642 bits per heavy atom. The Hall–Kier alpha value is -3.10. The number of benzene rings is 6. The molecule has 0 amide bonds. The maximum atomic E-state index is 12.9. The van der Waals surface area contributed by atoms with Crippen LogP contribution in [0.1, 0.15) is 11.1 Å². The minimum absolute atomic E-state index is 0. The summed E-state index contributed by atoms with van der Waals surface area (Å²) in [5, 5.41) is 40.6. The molecule has 0 aromatic heterocycles. The molecule has 6 aromatic rings. The van der Waals surface area contributed by atoms with Gasteiger partial charge >= 0.3 is 118 Å². The summed E-state index contributed by atoms with van der Waals surface area (Å²) in [4.78, 5) is -2.41. The summed E-state index contributed by atoms with van der Waals surface area (Å²) >= 11 is 0. The normalized spacial score (nSPS) is 12.4. The molecule has 0 bridgehead atoms. The van der Waals surface area contributed by atoms with Crippen LogP contribution in [0.5, 0.6) is 0 Å². The van der Waals surface area contributed by atoms with Crippen LogP contribution in [-0.2, 0) is 40.5 Å². The summed E-state index contributed by atoms with van der Waals surface area (Å²) in [6.07, 6.45) is 2.14. The van der Waals surface area contributed by atoms with Crippen molar-refractivity contribution in [1.29, 1.82) is 0 Å². The van der Waals surface area contributed by atoms with Crippen molar-refractivity contribution in [2.45, 2.75) is 19.6 Å². The molecule has 0 fully saturated rings. The molecule has 0 radical (unpaired) electrons. The fourth-order valence-corrected chi connectivity index (χ4v) is 7.47. The molecule has 0 aliphatic heterocycles. The van der Waals surface area contributed by atoms with E-state index in [9.17, 15) is 57.1 Å². The van der Waals surface area contributed by atoms with Crippen LogP contribution in [0.15, 0.2) is 189 Å². The van der Waals surface area contributed by atoms with Crippen molar-refractivity contribution in [2.24, 2.45) is 35.8 Å². The van der Waals surface area contributed by atoms with Gasteiger partial charge in [-0.1, -0.05) is 23.1 Å². The summed E-state index contributed by atoms with van der Waals surface area (Å²) in [5.74, 6) is 0. The largest absolute Gasteiger partial charge is 1.00 e. The second kappa shape index (κ2) is 25.7. The molecule has 0 heterocycles. The van der Waals surface area contributed by atoms with Gasteiger partial charge < -0.3 is 23.4 Å². The van der Waals surface area contributed by atoms with Gasteiger partial charge in [-0.15, -0.1) is 0 Å². The van der Waals surface area contributed by atoms with Gasteiger partial charge in [-0.2, -0.15) is 30.7 Å². The van der Waals surface area contributed by atoms with E-state index in [-0.39, 0.29) is 168 Å². The molecule has 0 aliphatic rings. The molecule has 6 aromatic carbocycles. The minimum atomic E-state index is -5.24. The first kappa shape index (κ1) is 60.0. The zero-order valence-corrected chi connectivity index (χ0v) is 46.6. The number of hydrogen-bond donors (Lipinski definition) is 0. The van der Waals surface area contributed by atoms with E-state index in [1.165, 1.54) is 84.9 Å². The van der Waals surface area contributed by atoms with Crippen LogP contribution >= 0.6 is 0 Å². The van der Waals surface area contributed by atoms with E-state index in [1.54, 1.807) is 0 Å². The molecule has 322 valence electrons. The van der Waals surface area contributed by atoms with Crippen molar-refractivity contribution in [3.8, 4) is 0 Å². The van der Waals surface area contributed by atoms with E-state index in [0.29, 0.717) is 11.4 Å². The average Bonchev–Trinajstić information content (AvgIpc) is 3.23. The first-order chi connectivity index (χ1) is 29.6. The van der Waals surface area contributed by atoms with Crippen LogP contribution in [0.4, 0.5) is 45.5 Å². The van der Waals surface area contributed by atoms with E-state index in [0.717, 1.165) is 60.7 Å². The molecule has 67 heavy (non-hydrogen) atoms. The maximum absolute atomic E-state index is 12.9. The quantitative estimate of drug-likeness (QED) is 0.0258. The third kappa shape index (κ3) is 17.7. The van der Waals surface area contributed by atoms with Crippen molar-refractivity contribution in [1.82, 2.24) is 0 Å². The monoisotopic (exact) mass is 1020 g/mol. The molecule has 0 atom stereocenters. The topological polar surface area (TPSA) is 341 Å². The van der Waals surface area contributed by atoms with E-state index < -0.39 is 60.1 Å². The smallest absolute Gasteiger partial charge is 0.744 e. The van der Waals surface area contributed by atoms with Crippen molar-refractivity contribution >= 4 is 98.1 Å². The zero-order chi connectivity index (χ0) is 45.6. The van der Waals surface area contributed by atoms with Crippen LogP contribution in [0.25, 0.3) is 12.2 Å². The third-order valence-electron chi connectivity index (χ3n) is 8.20. The van der Waals surface area contributed by atoms with Gasteiger partial charge in [-0.05, 0) is 126 Å². The molecule has 21 nitrogen and oxygen atoms in total. The molecule has 0 saturated heterocycles. The maximum Gasteiger partial charge on any atom is 1.00 e. The van der Waals surface area contributed by atoms with Gasteiger partial charge in [0.25, 0.3) is 0 Å². The Bertz CT molecular complexity index is 3330. The molecule has 0 spiro atoms. The molecule has 6 rings (SSSR count). The Morgan fingerprint density at radius 1 is 0.358 bits per heavy atom. The SMILES string of the molecule is O=S(=O)([O-])c1ccc(N=Nc2ccc(N=Nc3ccc(C=Cc4ccc([N+]([O-])=Nc5ccc(N=Nc6ccc(S(=O)(=O)[O-])cc6)cc5)cc4S(=O)(=O)[O-])c(S(=O)(=O)[O-])c3)cc2)cc1.[Na+].[Na+].[Na+].[Na+]. The molecule has 0 aliphatic carbocycles. The first-order valence-electron chi connectivity index (χ1n) is 17.3. The Balaban J connectivity index is 0.00000385. The number of hydrogen-bond acceptors (Lipinski definition) is 20. The minimum Gasteiger partial charge on any atom is -0.744 e. The Morgan fingerprint density at radius 3 is 0.985 bits per heavy atom. The zero-order valence-electron chi connectivity index (χ0n) is 35.4. The van der Waals surface area contributed by atoms with Gasteiger partial charge in [0.05, 0.1) is 53.7 Å². The fraction of sp³-hybridized carbons (Fsp3) is 0. The summed E-state index contributed by atoms with van der Waals surface area (Å²) in [7, 11) is -19.6. The number of rotatable bonds is 14. The molecular weight excluding hydrogens is 997 g/mol. The second-order valence-corrected chi connectivity index (χ2v) is 18.0. The summed E-state index contributed by atoms with van der Waals surface area (Å²) in [6.45, 7) is 0. The van der Waals surface area contributed by atoms with Gasteiger partial charge in [0.1, 0.15) is 46.2 Å². The second-order valence-electron chi connectivity index (χ2n) is 12.6. The van der Waals surface area contributed by atoms with Crippen molar-refractivity contribution in [3.05, 3.63) is 150 Å². The van der Waals surface area contributed by atoms with Gasteiger partial charge in [0.15, 0.2) is 0 Å². The molecular formula is C38H24N8Na4O13S4. The van der Waals surface area contributed by atoms with E-state index in [2.05, 4.69) is 35.8 Å². The van der Waals surface area contributed by atoms with E-state index in [4.69, 9.17) is 0 Å². The predicted molar refractivity (Wildman–Crippen MR) is 217 cm³/mol. The van der Waals surface area contributed by atoms with Crippen molar-refractivity contribution < 1.29 is 175 Å². The van der Waals surface area contributed by atoms with Gasteiger partial charge in [0.2, 0.25) is 5.69 Å². The molecule has 0 N–H and O–H groups in total. The first-order valence-corrected chi connectivity index (χ1v) is 22.9. The molecule has 0 unspecified atom stereocenters. The summed E-state index contributed by atoms with van der Waals surface area (Å²) < 4.78 is 140. The van der Waals surface area contributed by atoms with Crippen LogP contribution < -0.4 is 118 Å². The van der Waals surface area contributed by atoms with Gasteiger partial charge in [0, 0.05) is 17.2 Å². The Kier molecular flexibility index (Phi) is 23.0. The molecule has 29 heteroatoms. The molecule has 0 saturated carbocycles. The van der Waals surface area contributed by atoms with Crippen LogP contribution in [0, 0.1) is 5.21 Å². The Labute approximate surface area is 472 Å². The van der Waals surface area contributed by atoms with E-state index >= 15 is 0 Å². The van der Waals surface area contributed by atoms with Crippen LogP contribution in [0.3, 0.4) is 0 Å². The number of azo groups is 4. The van der Waals surface area contributed by atoms with Crippen LogP contribution in [0.2, 0.25) is 0 Å². The van der Waals surface area contributed by atoms with Gasteiger partial charge in [-0.25, -0.2) is 33.7 Å². The summed E-state index contributed by atoms with van der Waals surface area (Å²) in [6, 6.07) is 27.6. The van der Waals surface area contributed by atoms with E-state index in [1.807, 2.05) is 0 Å². The fourth-order valence-electron chi connectivity index (χ4n) is 5.16. The predicted octanol–water partition coefficient (Wildman–Crippen LogP) is -3.34.